The van der Waals surface area contributed by atoms with Gasteiger partial charge in [0.05, 0.1) is 0 Å². The summed E-state index contributed by atoms with van der Waals surface area (Å²) < 4.78 is 0. The van der Waals surface area contributed by atoms with Gasteiger partial charge in [0.25, 0.3) is 0 Å². The molecule has 4 N–H and O–H groups in total. The second-order valence-electron chi connectivity index (χ2n) is 3.24. The molecule has 0 amide bonds. The van der Waals surface area contributed by atoms with E-state index in [0.717, 1.165) is 0 Å². The molecule has 1 aromatic rings. The molecule has 82 valence electrons. The zero-order valence-corrected chi connectivity index (χ0v) is 8.74. The van der Waals surface area contributed by atoms with Crippen LogP contribution in [0.5, 0.6) is 5.75 Å². The first kappa shape index (κ1) is 11.8. The Morgan fingerprint density at radius 1 is 1.53 bits per heavy atom. The fourth-order valence-corrected chi connectivity index (χ4v) is 1.43. The summed E-state index contributed by atoms with van der Waals surface area (Å²) in [6.07, 6.45) is 0.258. The van der Waals surface area contributed by atoms with Crippen molar-refractivity contribution in [1.29, 1.82) is 0 Å². The number of rotatable bonds is 4. The van der Waals surface area contributed by atoms with Gasteiger partial charge in [-0.15, -0.1) is 0 Å². The van der Waals surface area contributed by atoms with Gasteiger partial charge in [-0.3, -0.25) is 4.79 Å². The summed E-state index contributed by atoms with van der Waals surface area (Å²) in [5.41, 5.74) is 6.24. The molecule has 0 heterocycles. The van der Waals surface area contributed by atoms with Crippen LogP contribution in [0.25, 0.3) is 0 Å². The monoisotopic (exact) mass is 229 g/mol. The minimum absolute atomic E-state index is 0.000360. The van der Waals surface area contributed by atoms with Crippen LogP contribution in [0.3, 0.4) is 0 Å². The van der Waals surface area contributed by atoms with Crippen LogP contribution in [0.1, 0.15) is 24.4 Å². The predicted octanol–water partition coefficient (Wildman–Crippen LogP) is 1.91. The van der Waals surface area contributed by atoms with Crippen molar-refractivity contribution in [3.63, 3.8) is 0 Å². The Balaban J connectivity index is 2.73. The maximum absolute atomic E-state index is 10.3. The van der Waals surface area contributed by atoms with Crippen molar-refractivity contribution in [1.82, 2.24) is 0 Å². The van der Waals surface area contributed by atoms with Crippen molar-refractivity contribution in [3.8, 4) is 5.75 Å². The summed E-state index contributed by atoms with van der Waals surface area (Å²) in [5.74, 6) is -0.903. The molecule has 0 fully saturated rings. The summed E-state index contributed by atoms with van der Waals surface area (Å²) in [6, 6.07) is 4.11. The number of phenols is 1. The number of nitrogens with two attached hydrogens (primary N) is 1. The highest BCUT2D eigenvalue weighted by molar-refractivity contribution is 6.30. The fourth-order valence-electron chi connectivity index (χ4n) is 1.26. The van der Waals surface area contributed by atoms with Gasteiger partial charge in [0, 0.05) is 23.0 Å². The van der Waals surface area contributed by atoms with Gasteiger partial charge in [0.2, 0.25) is 0 Å². The molecule has 1 aromatic carbocycles. The molecule has 0 aliphatic heterocycles. The minimum Gasteiger partial charge on any atom is -0.508 e. The zero-order valence-electron chi connectivity index (χ0n) is 7.98. The lowest BCUT2D eigenvalue weighted by molar-refractivity contribution is -0.137. The van der Waals surface area contributed by atoms with E-state index in [1.54, 1.807) is 12.1 Å². The normalized spacial score (nSPS) is 12.4. The standard InChI is InChI=1S/C10H12ClNO3/c11-6-1-2-7(9(13)5-6)8(12)3-4-10(14)15/h1-2,5,8,13H,3-4,12H2,(H,14,15). The molecule has 1 unspecified atom stereocenters. The van der Waals surface area contributed by atoms with Crippen molar-refractivity contribution in [3.05, 3.63) is 28.8 Å². The van der Waals surface area contributed by atoms with Crippen LogP contribution in [0.2, 0.25) is 5.02 Å². The Bertz CT molecular complexity index is 368. The quantitative estimate of drug-likeness (QED) is 0.737. The van der Waals surface area contributed by atoms with Crippen LogP contribution in [0.4, 0.5) is 0 Å². The average molecular weight is 230 g/mol. The first-order valence-corrected chi connectivity index (χ1v) is 4.84. The maximum atomic E-state index is 10.3. The van der Waals surface area contributed by atoms with Crippen molar-refractivity contribution in [2.45, 2.75) is 18.9 Å². The molecule has 0 radical (unpaired) electrons. The third-order valence-electron chi connectivity index (χ3n) is 2.06. The van der Waals surface area contributed by atoms with Crippen LogP contribution in [-0.2, 0) is 4.79 Å². The van der Waals surface area contributed by atoms with Crippen LogP contribution < -0.4 is 5.73 Å². The number of carboxylic acid groups (broad SMARTS) is 1. The summed E-state index contributed by atoms with van der Waals surface area (Å²) >= 11 is 5.65. The number of hydrogen-bond acceptors (Lipinski definition) is 3. The summed E-state index contributed by atoms with van der Waals surface area (Å²) in [6.45, 7) is 0. The molecule has 0 aliphatic carbocycles. The lowest BCUT2D eigenvalue weighted by Gasteiger charge is -2.12. The first-order chi connectivity index (χ1) is 7.00. The van der Waals surface area contributed by atoms with Crippen LogP contribution in [0.15, 0.2) is 18.2 Å². The smallest absolute Gasteiger partial charge is 0.303 e. The molecule has 5 heteroatoms. The van der Waals surface area contributed by atoms with Crippen molar-refractivity contribution >= 4 is 17.6 Å². The molecule has 0 aromatic heterocycles. The van der Waals surface area contributed by atoms with E-state index in [2.05, 4.69) is 0 Å². The number of hydrogen-bond donors (Lipinski definition) is 3. The van der Waals surface area contributed by atoms with Crippen LogP contribution >= 0.6 is 11.6 Å². The summed E-state index contributed by atoms with van der Waals surface area (Å²) in [5, 5.41) is 18.4. The van der Waals surface area contributed by atoms with Gasteiger partial charge in [-0.05, 0) is 18.6 Å². The highest BCUT2D eigenvalue weighted by Crippen LogP contribution is 2.28. The Morgan fingerprint density at radius 2 is 2.20 bits per heavy atom. The molecule has 0 spiro atoms. The van der Waals surface area contributed by atoms with Gasteiger partial charge in [-0.25, -0.2) is 0 Å². The predicted molar refractivity (Wildman–Crippen MR) is 56.9 cm³/mol. The summed E-state index contributed by atoms with van der Waals surface area (Å²) in [4.78, 5) is 10.3. The Morgan fingerprint density at radius 3 is 2.73 bits per heavy atom. The van der Waals surface area contributed by atoms with E-state index >= 15 is 0 Å². The SMILES string of the molecule is NC(CCC(=O)O)c1ccc(Cl)cc1O. The van der Waals surface area contributed by atoms with Gasteiger partial charge in [0.1, 0.15) is 5.75 Å². The number of halogens is 1. The van der Waals surface area contributed by atoms with E-state index in [9.17, 15) is 9.90 Å². The fraction of sp³-hybridized carbons (Fsp3) is 0.300. The van der Waals surface area contributed by atoms with Crippen molar-refractivity contribution in [2.75, 3.05) is 0 Å². The van der Waals surface area contributed by atoms with Crippen LogP contribution in [0, 0.1) is 0 Å². The van der Waals surface area contributed by atoms with Gasteiger partial charge >= 0.3 is 5.97 Å². The number of aliphatic carboxylic acids is 1. The highest BCUT2D eigenvalue weighted by atomic mass is 35.5. The van der Waals surface area contributed by atoms with Crippen molar-refractivity contribution in [2.24, 2.45) is 5.73 Å². The Kier molecular flexibility index (Phi) is 3.94. The molecule has 0 saturated carbocycles. The lowest BCUT2D eigenvalue weighted by Crippen LogP contribution is -2.12. The number of carboxylic acids is 1. The van der Waals surface area contributed by atoms with E-state index in [4.69, 9.17) is 22.4 Å². The minimum atomic E-state index is -0.904. The molecule has 1 atom stereocenters. The average Bonchev–Trinajstić information content (AvgIpc) is 2.14. The number of phenolic OH excluding ortho intramolecular Hbond substituents is 1. The third-order valence-corrected chi connectivity index (χ3v) is 2.30. The Labute approximate surface area is 92.3 Å². The topological polar surface area (TPSA) is 83.6 Å². The van der Waals surface area contributed by atoms with Gasteiger partial charge in [-0.1, -0.05) is 17.7 Å². The molecular weight excluding hydrogens is 218 g/mol. The number of aromatic hydroxyl groups is 1. The second-order valence-corrected chi connectivity index (χ2v) is 3.68. The molecule has 0 aliphatic rings. The van der Waals surface area contributed by atoms with Gasteiger partial charge in [-0.2, -0.15) is 0 Å². The maximum Gasteiger partial charge on any atom is 0.303 e. The lowest BCUT2D eigenvalue weighted by atomic mass is 10.0. The van der Waals surface area contributed by atoms with Crippen LogP contribution in [-0.4, -0.2) is 16.2 Å². The number of carbonyl (C=O) groups is 1. The van der Waals surface area contributed by atoms with E-state index in [1.165, 1.54) is 6.07 Å². The molecular formula is C10H12ClNO3. The summed E-state index contributed by atoms with van der Waals surface area (Å²) in [7, 11) is 0. The second kappa shape index (κ2) is 5.00. The largest absolute Gasteiger partial charge is 0.508 e. The Hall–Kier alpha value is -1.26. The number of benzene rings is 1. The third kappa shape index (κ3) is 3.42. The molecule has 0 bridgehead atoms. The molecule has 4 nitrogen and oxygen atoms in total. The van der Waals surface area contributed by atoms with Gasteiger partial charge < -0.3 is 15.9 Å². The molecule has 1 rings (SSSR count). The molecule has 0 saturated heterocycles. The van der Waals surface area contributed by atoms with E-state index in [1.807, 2.05) is 0 Å². The van der Waals surface area contributed by atoms with E-state index in [-0.39, 0.29) is 18.6 Å². The van der Waals surface area contributed by atoms with Crippen molar-refractivity contribution < 1.29 is 15.0 Å². The zero-order chi connectivity index (χ0) is 11.4. The first-order valence-electron chi connectivity index (χ1n) is 4.46. The molecule has 15 heavy (non-hydrogen) atoms. The van der Waals surface area contributed by atoms with E-state index < -0.39 is 12.0 Å². The highest BCUT2D eigenvalue weighted by Gasteiger charge is 2.12. The van der Waals surface area contributed by atoms with Gasteiger partial charge in [0.15, 0.2) is 0 Å². The van der Waals surface area contributed by atoms with E-state index in [0.29, 0.717) is 10.6 Å².